The molecule has 53 heavy (non-hydrogen) atoms. The number of benzene rings is 1. The molecule has 14 nitrogen and oxygen atoms in total. The minimum absolute atomic E-state index is 0.00129. The van der Waals surface area contributed by atoms with E-state index in [0.717, 1.165) is 40.3 Å². The summed E-state index contributed by atoms with van der Waals surface area (Å²) in [5.74, 6) is -2.41. The first-order valence-corrected chi connectivity index (χ1v) is 20.4. The van der Waals surface area contributed by atoms with Crippen LogP contribution in [0.15, 0.2) is 66.5 Å². The first kappa shape index (κ1) is 35.1. The van der Waals surface area contributed by atoms with Crippen LogP contribution in [0.3, 0.4) is 0 Å². The van der Waals surface area contributed by atoms with Gasteiger partial charge in [0.15, 0.2) is 5.65 Å². The van der Waals surface area contributed by atoms with Gasteiger partial charge in [-0.1, -0.05) is 43.2 Å². The first-order chi connectivity index (χ1) is 25.6. The molecule has 1 saturated heterocycles. The molecule has 0 spiro atoms. The van der Waals surface area contributed by atoms with Crippen molar-refractivity contribution in [3.8, 4) is 5.88 Å². The fourth-order valence-corrected chi connectivity index (χ4v) is 9.30. The molecule has 0 radical (unpaired) electrons. The number of allylic oxidation sites excluding steroid dienone is 1. The predicted octanol–water partition coefficient (Wildman–Crippen LogP) is 3.39. The highest BCUT2D eigenvalue weighted by Gasteiger charge is 2.62. The summed E-state index contributed by atoms with van der Waals surface area (Å²) in [6.45, 7) is -0.00129. The Morgan fingerprint density at radius 2 is 1.83 bits per heavy atom. The molecule has 16 heteroatoms. The van der Waals surface area contributed by atoms with Gasteiger partial charge in [0.25, 0.3) is 11.8 Å². The zero-order valence-electron chi connectivity index (χ0n) is 28.8. The summed E-state index contributed by atoms with van der Waals surface area (Å²) in [5.41, 5.74) is 0.525. The number of hydrogen-bond acceptors (Lipinski definition) is 11. The number of ether oxygens (including phenoxy) is 1. The number of amides is 4. The van der Waals surface area contributed by atoms with Gasteiger partial charge in [-0.2, -0.15) is 4.98 Å². The third-order valence-electron chi connectivity index (χ3n) is 10.5. The molecule has 5 atom stereocenters. The molecule has 8 rings (SSSR count). The Morgan fingerprint density at radius 3 is 2.62 bits per heavy atom. The van der Waals surface area contributed by atoms with Crippen LogP contribution in [0, 0.1) is 5.92 Å². The number of thiazole rings is 1. The standard InChI is InChI=1S/C37H39N7O7S2/c45-32-29-17-23(51-34-27-11-7-6-10-25(27)26-12-8-16-39-31(26)41-34)20-44(29)35(47)28(40-33(46)30-19-38-21-52-30)13-5-3-1-2-4-9-22-18-37(22,42-32)36(48)43-53(49,50)24-14-15-24/h4,6-12,16,19,21-24,28-29H,1-3,5,13-15,17-18,20H2,(H,40,46)(H,42,45)(H,43,48)/b9-4-/t22-,23-,28+,29+,37-/m1/s1. The van der Waals surface area contributed by atoms with Crippen LogP contribution in [0.1, 0.15) is 67.5 Å². The number of hydrogen-bond donors (Lipinski definition) is 3. The number of nitrogens with zero attached hydrogens (tertiary/aromatic N) is 4. The zero-order valence-corrected chi connectivity index (χ0v) is 30.4. The Hall–Kier alpha value is -4.96. The fraction of sp³-hybridized carbons (Fsp3) is 0.432. The molecule has 4 aliphatic rings. The molecule has 2 saturated carbocycles. The van der Waals surface area contributed by atoms with E-state index in [0.29, 0.717) is 48.5 Å². The van der Waals surface area contributed by atoms with Gasteiger partial charge < -0.3 is 20.3 Å². The van der Waals surface area contributed by atoms with Crippen molar-refractivity contribution in [3.05, 3.63) is 71.3 Å². The second-order valence-electron chi connectivity index (χ2n) is 14.2. The number of carbonyl (C=O) groups is 4. The van der Waals surface area contributed by atoms with Crippen LogP contribution in [0.25, 0.3) is 21.8 Å². The molecule has 2 aliphatic carbocycles. The van der Waals surface area contributed by atoms with E-state index in [1.54, 1.807) is 6.20 Å². The van der Waals surface area contributed by atoms with Gasteiger partial charge in [-0.05, 0) is 62.1 Å². The number of sulfonamides is 1. The quantitative estimate of drug-likeness (QED) is 0.186. The lowest BCUT2D eigenvalue weighted by Gasteiger charge is -2.29. The molecule has 3 N–H and O–H groups in total. The van der Waals surface area contributed by atoms with E-state index in [1.807, 2.05) is 48.6 Å². The van der Waals surface area contributed by atoms with E-state index in [2.05, 4.69) is 25.3 Å². The van der Waals surface area contributed by atoms with Gasteiger partial charge in [-0.25, -0.2) is 13.4 Å². The average molecular weight is 758 g/mol. The van der Waals surface area contributed by atoms with Crippen molar-refractivity contribution in [2.24, 2.45) is 5.92 Å². The van der Waals surface area contributed by atoms with Crippen molar-refractivity contribution >= 4 is 66.8 Å². The van der Waals surface area contributed by atoms with Crippen molar-refractivity contribution in [1.82, 2.24) is 35.2 Å². The highest BCUT2D eigenvalue weighted by molar-refractivity contribution is 7.91. The Balaban J connectivity index is 1.12. The highest BCUT2D eigenvalue weighted by Crippen LogP contribution is 2.46. The summed E-state index contributed by atoms with van der Waals surface area (Å²) >= 11 is 1.16. The molecule has 3 fully saturated rings. The number of rotatable bonds is 7. The third-order valence-corrected chi connectivity index (χ3v) is 13.1. The van der Waals surface area contributed by atoms with Gasteiger partial charge in [0.05, 0.1) is 23.5 Å². The molecule has 2 aliphatic heterocycles. The summed E-state index contributed by atoms with van der Waals surface area (Å²) in [4.78, 5) is 70.8. The maximum atomic E-state index is 14.5. The number of fused-ring (bicyclic) bond motifs is 5. The second-order valence-corrected chi connectivity index (χ2v) is 17.1. The Kier molecular flexibility index (Phi) is 9.35. The van der Waals surface area contributed by atoms with Gasteiger partial charge in [-0.15, -0.1) is 11.3 Å². The number of carbonyl (C=O) groups excluding carboxylic acids is 4. The highest BCUT2D eigenvalue weighted by atomic mass is 32.2. The van der Waals surface area contributed by atoms with E-state index >= 15 is 0 Å². The SMILES string of the molecule is O=C(N[C@H]1CCCCC/C=C\[C@@H]2C[C@@]2(C(=O)NS(=O)(=O)C2CC2)NC(=O)[C@@H]2C[C@@H](Oc3nc4ncccc4c4ccccc34)CN2C1=O)c1cncs1. The van der Waals surface area contributed by atoms with Gasteiger partial charge >= 0.3 is 0 Å². The van der Waals surface area contributed by atoms with Crippen LogP contribution in [0.5, 0.6) is 5.88 Å². The summed E-state index contributed by atoms with van der Waals surface area (Å²) < 4.78 is 34.4. The van der Waals surface area contributed by atoms with E-state index in [9.17, 15) is 27.6 Å². The number of nitrogens with one attached hydrogen (secondary N) is 3. The largest absolute Gasteiger partial charge is 0.472 e. The monoisotopic (exact) mass is 757 g/mol. The van der Waals surface area contributed by atoms with E-state index in [1.165, 1.54) is 16.6 Å². The van der Waals surface area contributed by atoms with E-state index < -0.39 is 68.5 Å². The van der Waals surface area contributed by atoms with Crippen LogP contribution in [-0.4, -0.2) is 87.4 Å². The minimum atomic E-state index is -3.89. The summed E-state index contributed by atoms with van der Waals surface area (Å²) in [5, 5.41) is 7.63. The fourth-order valence-electron chi connectivity index (χ4n) is 7.41. The second kappa shape index (κ2) is 14.1. The molecule has 3 aromatic heterocycles. The van der Waals surface area contributed by atoms with Gasteiger partial charge in [0, 0.05) is 29.3 Å². The molecule has 5 heterocycles. The van der Waals surface area contributed by atoms with E-state index in [4.69, 9.17) is 9.72 Å². The normalized spacial score (nSPS) is 27.1. The summed E-state index contributed by atoms with van der Waals surface area (Å²) in [6.07, 6.45) is 10.7. The average Bonchev–Trinajstić information content (AvgIpc) is 4.01. The van der Waals surface area contributed by atoms with Crippen LogP contribution < -0.4 is 20.1 Å². The molecule has 0 unspecified atom stereocenters. The molecular formula is C37H39N7O7S2. The smallest absolute Gasteiger partial charge is 0.263 e. The third kappa shape index (κ3) is 7.09. The van der Waals surface area contributed by atoms with Crippen molar-refractivity contribution in [2.45, 2.75) is 86.8 Å². The van der Waals surface area contributed by atoms with Crippen molar-refractivity contribution in [3.63, 3.8) is 0 Å². The summed E-state index contributed by atoms with van der Waals surface area (Å²) in [7, 11) is -3.89. The summed E-state index contributed by atoms with van der Waals surface area (Å²) in [6, 6.07) is 9.35. The topological polar surface area (TPSA) is 190 Å². The molecular weight excluding hydrogens is 719 g/mol. The van der Waals surface area contributed by atoms with Crippen LogP contribution in [0.4, 0.5) is 0 Å². The Morgan fingerprint density at radius 1 is 1.02 bits per heavy atom. The lowest BCUT2D eigenvalue weighted by molar-refractivity contribution is -0.141. The number of aromatic nitrogens is 3. The van der Waals surface area contributed by atoms with Gasteiger partial charge in [-0.3, -0.25) is 28.9 Å². The van der Waals surface area contributed by atoms with Crippen LogP contribution in [0.2, 0.25) is 0 Å². The van der Waals surface area contributed by atoms with Crippen LogP contribution in [-0.2, 0) is 24.4 Å². The lowest BCUT2D eigenvalue weighted by Crippen LogP contribution is -2.58. The number of pyridine rings is 2. The predicted molar refractivity (Wildman–Crippen MR) is 196 cm³/mol. The van der Waals surface area contributed by atoms with Gasteiger partial charge in [0.2, 0.25) is 27.7 Å². The molecule has 276 valence electrons. The Labute approximate surface area is 309 Å². The van der Waals surface area contributed by atoms with Gasteiger partial charge in [0.1, 0.15) is 28.6 Å². The molecule has 0 bridgehead atoms. The van der Waals surface area contributed by atoms with Crippen molar-refractivity contribution < 1.29 is 32.3 Å². The lowest BCUT2D eigenvalue weighted by atomic mass is 10.0. The van der Waals surface area contributed by atoms with E-state index in [-0.39, 0.29) is 19.4 Å². The Bertz CT molecular complexity index is 2230. The molecule has 1 aromatic carbocycles. The minimum Gasteiger partial charge on any atom is -0.472 e. The van der Waals surface area contributed by atoms with Crippen LogP contribution >= 0.6 is 11.3 Å². The van der Waals surface area contributed by atoms with Crippen molar-refractivity contribution in [2.75, 3.05) is 6.54 Å². The zero-order chi connectivity index (χ0) is 36.7. The first-order valence-electron chi connectivity index (χ1n) is 18.0. The maximum absolute atomic E-state index is 14.5. The molecule has 4 aromatic rings. The maximum Gasteiger partial charge on any atom is 0.263 e. The molecule has 4 amide bonds. The van der Waals surface area contributed by atoms with Crippen molar-refractivity contribution in [1.29, 1.82) is 0 Å².